The van der Waals surface area contributed by atoms with E-state index < -0.39 is 0 Å². The van der Waals surface area contributed by atoms with Gasteiger partial charge >= 0.3 is 0 Å². The zero-order valence-electron chi connectivity index (χ0n) is 10.6. The highest BCUT2D eigenvalue weighted by atomic mass is 15.0. The average molecular weight is 209 g/mol. The van der Waals surface area contributed by atoms with Crippen molar-refractivity contribution in [3.8, 4) is 0 Å². The maximum atomic E-state index is 5.51. The van der Waals surface area contributed by atoms with Gasteiger partial charge in [-0.1, -0.05) is 27.7 Å². The summed E-state index contributed by atoms with van der Waals surface area (Å²) >= 11 is 0. The minimum absolute atomic E-state index is 0.420. The number of hydrogen-bond donors (Lipinski definition) is 1. The molecule has 0 spiro atoms. The van der Waals surface area contributed by atoms with Crippen molar-refractivity contribution < 1.29 is 0 Å². The number of aryl methyl sites for hydroxylation is 2. The molecule has 0 radical (unpaired) electrons. The molecule has 0 fully saturated rings. The first-order valence-corrected chi connectivity index (χ1v) is 5.89. The fourth-order valence-corrected chi connectivity index (χ4v) is 1.64. The Morgan fingerprint density at radius 2 is 1.60 bits per heavy atom. The second-order valence-corrected chi connectivity index (χ2v) is 2.95. The van der Waals surface area contributed by atoms with Crippen LogP contribution in [0.3, 0.4) is 0 Å². The highest BCUT2D eigenvalue weighted by molar-refractivity contribution is 5.33. The summed E-state index contributed by atoms with van der Waals surface area (Å²) in [7, 11) is 0. The number of aromatic nitrogens is 2. The number of hydrogen-bond acceptors (Lipinski definition) is 3. The second-order valence-electron chi connectivity index (χ2n) is 2.95. The molecular weight excluding hydrogens is 186 g/mol. The lowest BCUT2D eigenvalue weighted by atomic mass is 10.2. The highest BCUT2D eigenvalue weighted by Gasteiger charge is 2.15. The largest absolute Gasteiger partial charge is 0.368 e. The first kappa shape index (κ1) is 13.9. The Labute approximate surface area is 93.1 Å². The Hall–Kier alpha value is -1.12. The maximum Gasteiger partial charge on any atom is 0.220 e. The standard InChI is InChI=1S/C8H11N3.2C2H6/c1-5-6-3-2-4-7(6)11-8(9)10-5;2*1-2/h2-4H2,1H3,(H2,9,10,11);2*1-2H3. The van der Waals surface area contributed by atoms with Crippen molar-refractivity contribution in [2.24, 2.45) is 0 Å². The van der Waals surface area contributed by atoms with E-state index in [9.17, 15) is 0 Å². The minimum atomic E-state index is 0.420. The monoisotopic (exact) mass is 209 g/mol. The van der Waals surface area contributed by atoms with E-state index in [0.29, 0.717) is 5.95 Å². The summed E-state index contributed by atoms with van der Waals surface area (Å²) in [6.07, 6.45) is 3.40. The molecule has 0 aliphatic heterocycles. The van der Waals surface area contributed by atoms with E-state index in [0.717, 1.165) is 24.2 Å². The molecule has 0 atom stereocenters. The van der Waals surface area contributed by atoms with Gasteiger partial charge in [0.05, 0.1) is 0 Å². The first-order valence-electron chi connectivity index (χ1n) is 5.89. The number of nitrogens with two attached hydrogens (primary N) is 1. The molecule has 2 rings (SSSR count). The van der Waals surface area contributed by atoms with Crippen LogP contribution in [0.2, 0.25) is 0 Å². The van der Waals surface area contributed by atoms with E-state index >= 15 is 0 Å². The molecule has 3 heteroatoms. The van der Waals surface area contributed by atoms with Gasteiger partial charge in [0.15, 0.2) is 0 Å². The van der Waals surface area contributed by atoms with Crippen molar-refractivity contribution in [3.05, 3.63) is 17.0 Å². The molecule has 86 valence electrons. The molecule has 0 saturated heterocycles. The van der Waals surface area contributed by atoms with Crippen LogP contribution in [0.15, 0.2) is 0 Å². The Morgan fingerprint density at radius 1 is 1.00 bits per heavy atom. The Kier molecular flexibility index (Phi) is 6.67. The lowest BCUT2D eigenvalue weighted by Gasteiger charge is -2.02. The van der Waals surface area contributed by atoms with Crippen LogP contribution in [0.5, 0.6) is 0 Å². The van der Waals surface area contributed by atoms with Crippen molar-refractivity contribution in [2.45, 2.75) is 53.9 Å². The van der Waals surface area contributed by atoms with Crippen LogP contribution in [-0.2, 0) is 12.8 Å². The molecule has 3 nitrogen and oxygen atoms in total. The second kappa shape index (κ2) is 7.21. The smallest absolute Gasteiger partial charge is 0.220 e. The maximum absolute atomic E-state index is 5.51. The summed E-state index contributed by atoms with van der Waals surface area (Å²) in [5.41, 5.74) is 9.05. The van der Waals surface area contributed by atoms with Gasteiger partial charge in [0.2, 0.25) is 5.95 Å². The van der Waals surface area contributed by atoms with Crippen molar-refractivity contribution in [3.63, 3.8) is 0 Å². The van der Waals surface area contributed by atoms with E-state index in [4.69, 9.17) is 5.73 Å². The van der Waals surface area contributed by atoms with Gasteiger partial charge in [0, 0.05) is 11.4 Å². The van der Waals surface area contributed by atoms with E-state index in [1.165, 1.54) is 12.0 Å². The van der Waals surface area contributed by atoms with Crippen LogP contribution < -0.4 is 5.73 Å². The normalized spacial score (nSPS) is 11.8. The van der Waals surface area contributed by atoms with Gasteiger partial charge in [-0.05, 0) is 31.7 Å². The number of rotatable bonds is 0. The van der Waals surface area contributed by atoms with E-state index in [1.807, 2.05) is 34.6 Å². The minimum Gasteiger partial charge on any atom is -0.368 e. The Morgan fingerprint density at radius 3 is 2.20 bits per heavy atom. The van der Waals surface area contributed by atoms with E-state index in [1.54, 1.807) is 0 Å². The molecule has 0 aromatic carbocycles. The zero-order chi connectivity index (χ0) is 11.8. The van der Waals surface area contributed by atoms with Crippen LogP contribution in [0.4, 0.5) is 5.95 Å². The Bertz CT molecular complexity index is 295. The summed E-state index contributed by atoms with van der Waals surface area (Å²) in [5.74, 6) is 0.420. The summed E-state index contributed by atoms with van der Waals surface area (Å²) < 4.78 is 0. The summed E-state index contributed by atoms with van der Waals surface area (Å²) in [6.45, 7) is 10.0. The average Bonchev–Trinajstić information content (AvgIpc) is 2.72. The Balaban J connectivity index is 0.000000442. The molecule has 2 N–H and O–H groups in total. The highest BCUT2D eigenvalue weighted by Crippen LogP contribution is 2.22. The van der Waals surface area contributed by atoms with Crippen molar-refractivity contribution in [1.82, 2.24) is 9.97 Å². The zero-order valence-corrected chi connectivity index (χ0v) is 10.6. The van der Waals surface area contributed by atoms with Crippen LogP contribution in [-0.4, -0.2) is 9.97 Å². The fraction of sp³-hybridized carbons (Fsp3) is 0.667. The third-order valence-electron chi connectivity index (χ3n) is 2.16. The molecule has 0 bridgehead atoms. The van der Waals surface area contributed by atoms with E-state index in [-0.39, 0.29) is 0 Å². The van der Waals surface area contributed by atoms with Crippen LogP contribution >= 0.6 is 0 Å². The van der Waals surface area contributed by atoms with Crippen LogP contribution in [0, 0.1) is 6.92 Å². The van der Waals surface area contributed by atoms with Gasteiger partial charge in [0.1, 0.15) is 0 Å². The van der Waals surface area contributed by atoms with Crippen LogP contribution in [0.1, 0.15) is 51.1 Å². The quantitative estimate of drug-likeness (QED) is 0.714. The molecule has 1 aliphatic rings. The predicted octanol–water partition coefficient (Wildman–Crippen LogP) is 2.91. The molecule has 0 saturated carbocycles. The van der Waals surface area contributed by atoms with Gasteiger partial charge in [0.25, 0.3) is 0 Å². The van der Waals surface area contributed by atoms with Crippen molar-refractivity contribution in [1.29, 1.82) is 0 Å². The van der Waals surface area contributed by atoms with Gasteiger partial charge in [-0.2, -0.15) is 0 Å². The van der Waals surface area contributed by atoms with Gasteiger partial charge in [-0.3, -0.25) is 0 Å². The molecule has 0 amide bonds. The number of nitrogens with zero attached hydrogens (tertiary/aromatic N) is 2. The molecule has 1 aromatic rings. The first-order chi connectivity index (χ1) is 7.27. The molecular formula is C12H23N3. The molecule has 1 aliphatic carbocycles. The molecule has 1 heterocycles. The van der Waals surface area contributed by atoms with Gasteiger partial charge in [-0.25, -0.2) is 9.97 Å². The lowest BCUT2D eigenvalue weighted by molar-refractivity contribution is 0.899. The predicted molar refractivity (Wildman–Crippen MR) is 65.9 cm³/mol. The third kappa shape index (κ3) is 3.50. The summed E-state index contributed by atoms with van der Waals surface area (Å²) in [4.78, 5) is 8.29. The summed E-state index contributed by atoms with van der Waals surface area (Å²) in [5, 5.41) is 0. The van der Waals surface area contributed by atoms with E-state index in [2.05, 4.69) is 9.97 Å². The van der Waals surface area contributed by atoms with Crippen LogP contribution in [0.25, 0.3) is 0 Å². The molecule has 15 heavy (non-hydrogen) atoms. The number of fused-ring (bicyclic) bond motifs is 1. The van der Waals surface area contributed by atoms with Crippen molar-refractivity contribution >= 4 is 5.95 Å². The van der Waals surface area contributed by atoms with Crippen molar-refractivity contribution in [2.75, 3.05) is 5.73 Å². The SMILES string of the molecule is CC.CC.Cc1nc(N)nc2c1CCC2. The topological polar surface area (TPSA) is 51.8 Å². The lowest BCUT2D eigenvalue weighted by Crippen LogP contribution is -2.02. The number of anilines is 1. The summed E-state index contributed by atoms with van der Waals surface area (Å²) in [6, 6.07) is 0. The number of nitrogen functional groups attached to an aromatic ring is 1. The van der Waals surface area contributed by atoms with Gasteiger partial charge < -0.3 is 5.73 Å². The fourth-order valence-electron chi connectivity index (χ4n) is 1.64. The molecule has 1 aromatic heterocycles. The third-order valence-corrected chi connectivity index (χ3v) is 2.16. The van der Waals surface area contributed by atoms with Gasteiger partial charge in [-0.15, -0.1) is 0 Å². The molecule has 0 unspecified atom stereocenters.